The van der Waals surface area contributed by atoms with E-state index in [2.05, 4.69) is 32.0 Å². The molecule has 1 aliphatic heterocycles. The summed E-state index contributed by atoms with van der Waals surface area (Å²) in [5, 5.41) is 9.57. The van der Waals surface area contributed by atoms with Crippen molar-refractivity contribution in [2.24, 2.45) is 11.3 Å². The molecule has 4 heteroatoms. The maximum Gasteiger partial charge on any atom is 0.311 e. The lowest BCUT2D eigenvalue weighted by atomic mass is 9.76. The second kappa shape index (κ2) is 6.73. The molecular weight excluding hydrogens is 290 g/mol. The molecule has 1 saturated heterocycles. The Kier molecular flexibility index (Phi) is 5.12. The summed E-state index contributed by atoms with van der Waals surface area (Å²) in [4.78, 5) is 25.8. The van der Waals surface area contributed by atoms with Crippen LogP contribution in [0.3, 0.4) is 0 Å². The second-order valence-electron chi connectivity index (χ2n) is 7.11. The Morgan fingerprint density at radius 3 is 2.52 bits per heavy atom. The smallest absolute Gasteiger partial charge is 0.311 e. The molecule has 1 fully saturated rings. The lowest BCUT2D eigenvalue weighted by Crippen LogP contribution is -2.40. The molecule has 0 radical (unpaired) electrons. The van der Waals surface area contributed by atoms with Crippen LogP contribution in [0.4, 0.5) is 0 Å². The number of carbonyl (C=O) groups is 2. The van der Waals surface area contributed by atoms with Gasteiger partial charge in [-0.05, 0) is 43.7 Å². The summed E-state index contributed by atoms with van der Waals surface area (Å²) in [5.74, 6) is -0.692. The van der Waals surface area contributed by atoms with E-state index in [-0.39, 0.29) is 11.8 Å². The van der Waals surface area contributed by atoms with Crippen molar-refractivity contribution in [1.29, 1.82) is 0 Å². The van der Waals surface area contributed by atoms with Gasteiger partial charge in [0, 0.05) is 19.5 Å². The van der Waals surface area contributed by atoms with E-state index in [1.54, 1.807) is 4.90 Å². The maximum absolute atomic E-state index is 12.5. The van der Waals surface area contributed by atoms with Crippen molar-refractivity contribution in [3.8, 4) is 0 Å². The Labute approximate surface area is 138 Å². The van der Waals surface area contributed by atoms with Gasteiger partial charge in [-0.2, -0.15) is 0 Å². The van der Waals surface area contributed by atoms with E-state index in [4.69, 9.17) is 0 Å². The van der Waals surface area contributed by atoms with Crippen molar-refractivity contribution in [2.45, 2.75) is 47.0 Å². The van der Waals surface area contributed by atoms with Gasteiger partial charge in [0.1, 0.15) is 0 Å². The molecular formula is C19H27NO3. The molecule has 1 aliphatic rings. The number of hydrogen-bond donors (Lipinski definition) is 1. The van der Waals surface area contributed by atoms with Gasteiger partial charge in [-0.15, -0.1) is 0 Å². The molecule has 23 heavy (non-hydrogen) atoms. The summed E-state index contributed by atoms with van der Waals surface area (Å²) >= 11 is 0. The van der Waals surface area contributed by atoms with E-state index < -0.39 is 11.4 Å². The van der Waals surface area contributed by atoms with Gasteiger partial charge in [-0.1, -0.05) is 37.6 Å². The molecule has 2 rings (SSSR count). The quantitative estimate of drug-likeness (QED) is 0.907. The van der Waals surface area contributed by atoms with E-state index in [1.165, 1.54) is 16.7 Å². The highest BCUT2D eigenvalue weighted by molar-refractivity contribution is 5.81. The third kappa shape index (κ3) is 3.57. The topological polar surface area (TPSA) is 57.6 Å². The first-order valence-electron chi connectivity index (χ1n) is 8.33. The number of carboxylic acid groups (broad SMARTS) is 1. The molecule has 1 aromatic carbocycles. The average Bonchev–Trinajstić information content (AvgIpc) is 2.92. The Bertz CT molecular complexity index is 609. The van der Waals surface area contributed by atoms with Crippen molar-refractivity contribution in [1.82, 2.24) is 4.90 Å². The third-order valence-electron chi connectivity index (χ3n) is 5.29. The lowest BCUT2D eigenvalue weighted by Gasteiger charge is -2.28. The van der Waals surface area contributed by atoms with Crippen LogP contribution in [0.25, 0.3) is 0 Å². The molecule has 126 valence electrons. The Morgan fingerprint density at radius 1 is 1.30 bits per heavy atom. The Hall–Kier alpha value is -1.84. The highest BCUT2D eigenvalue weighted by Crippen LogP contribution is 2.38. The summed E-state index contributed by atoms with van der Waals surface area (Å²) in [6, 6.07) is 6.28. The van der Waals surface area contributed by atoms with Gasteiger partial charge in [0.15, 0.2) is 0 Å². The number of likely N-dealkylation sites (tertiary alicyclic amines) is 1. The fourth-order valence-electron chi connectivity index (χ4n) is 3.46. The van der Waals surface area contributed by atoms with E-state index in [9.17, 15) is 14.7 Å². The van der Waals surface area contributed by atoms with E-state index >= 15 is 0 Å². The van der Waals surface area contributed by atoms with Gasteiger partial charge in [0.05, 0.1) is 5.41 Å². The predicted octanol–water partition coefficient (Wildman–Crippen LogP) is 3.20. The first-order chi connectivity index (χ1) is 10.8. The minimum absolute atomic E-state index is 0.0251. The molecule has 4 nitrogen and oxygen atoms in total. The van der Waals surface area contributed by atoms with Crippen LogP contribution >= 0.6 is 0 Å². The summed E-state index contributed by atoms with van der Waals surface area (Å²) in [6.45, 7) is 8.87. The molecule has 0 bridgehead atoms. The monoisotopic (exact) mass is 317 g/mol. The number of carboxylic acids is 1. The maximum atomic E-state index is 12.5. The van der Waals surface area contributed by atoms with E-state index in [1.807, 2.05) is 13.8 Å². The van der Waals surface area contributed by atoms with E-state index in [0.29, 0.717) is 32.4 Å². The van der Waals surface area contributed by atoms with Crippen molar-refractivity contribution < 1.29 is 14.7 Å². The second-order valence-corrected chi connectivity index (χ2v) is 7.11. The molecule has 1 aromatic rings. The van der Waals surface area contributed by atoms with E-state index in [0.717, 1.165) is 0 Å². The van der Waals surface area contributed by atoms with Crippen LogP contribution in [-0.2, 0) is 16.0 Å². The predicted molar refractivity (Wildman–Crippen MR) is 90.3 cm³/mol. The molecule has 1 N–H and O–H groups in total. The summed E-state index contributed by atoms with van der Waals surface area (Å²) in [7, 11) is 0. The Balaban J connectivity index is 1.98. The molecule has 0 aliphatic carbocycles. The zero-order chi connectivity index (χ0) is 17.2. The van der Waals surface area contributed by atoms with Crippen LogP contribution in [0.2, 0.25) is 0 Å². The van der Waals surface area contributed by atoms with Crippen LogP contribution in [-0.4, -0.2) is 35.0 Å². The molecule has 1 heterocycles. The summed E-state index contributed by atoms with van der Waals surface area (Å²) in [6.07, 6.45) is 1.70. The number of rotatable bonds is 5. The van der Waals surface area contributed by atoms with Crippen LogP contribution in [0.15, 0.2) is 18.2 Å². The van der Waals surface area contributed by atoms with Crippen molar-refractivity contribution >= 4 is 11.9 Å². The van der Waals surface area contributed by atoms with Gasteiger partial charge in [-0.25, -0.2) is 0 Å². The number of hydrogen-bond acceptors (Lipinski definition) is 2. The van der Waals surface area contributed by atoms with Crippen molar-refractivity contribution in [3.05, 3.63) is 34.9 Å². The molecule has 0 aromatic heterocycles. The van der Waals surface area contributed by atoms with Crippen LogP contribution in [0.1, 0.15) is 43.4 Å². The normalized spacial score (nSPS) is 21.0. The largest absolute Gasteiger partial charge is 0.481 e. The Morgan fingerprint density at radius 2 is 2.00 bits per heavy atom. The molecule has 1 unspecified atom stereocenters. The van der Waals surface area contributed by atoms with Gasteiger partial charge in [0.25, 0.3) is 0 Å². The average molecular weight is 317 g/mol. The number of aliphatic carboxylic acids is 1. The molecule has 1 amide bonds. The first kappa shape index (κ1) is 17.5. The molecule has 0 saturated carbocycles. The highest BCUT2D eigenvalue weighted by atomic mass is 16.4. The number of benzene rings is 1. The third-order valence-corrected chi connectivity index (χ3v) is 5.29. The molecule has 0 spiro atoms. The van der Waals surface area contributed by atoms with Crippen LogP contribution < -0.4 is 0 Å². The minimum Gasteiger partial charge on any atom is -0.481 e. The SMILES string of the molecule is Cc1ccc(CCC(=O)N2CCC(C(=O)O)(C(C)C)C2)c(C)c1. The zero-order valence-electron chi connectivity index (χ0n) is 14.6. The zero-order valence-corrected chi connectivity index (χ0v) is 14.6. The van der Waals surface area contributed by atoms with Gasteiger partial charge in [-0.3, -0.25) is 9.59 Å². The molecule has 1 atom stereocenters. The van der Waals surface area contributed by atoms with Crippen molar-refractivity contribution in [3.63, 3.8) is 0 Å². The lowest BCUT2D eigenvalue weighted by molar-refractivity contribution is -0.151. The van der Waals surface area contributed by atoms with Gasteiger partial charge >= 0.3 is 5.97 Å². The number of amides is 1. The van der Waals surface area contributed by atoms with Gasteiger partial charge in [0.2, 0.25) is 5.91 Å². The number of carbonyl (C=O) groups excluding carboxylic acids is 1. The standard InChI is InChI=1S/C19H27NO3/c1-13(2)19(18(22)23)9-10-20(12-19)17(21)8-7-16-6-5-14(3)11-15(16)4/h5-6,11,13H,7-10,12H2,1-4H3,(H,22,23). The van der Waals surface area contributed by atoms with Crippen molar-refractivity contribution in [2.75, 3.05) is 13.1 Å². The summed E-state index contributed by atoms with van der Waals surface area (Å²) < 4.78 is 0. The number of aryl methyl sites for hydroxylation is 3. The minimum atomic E-state index is -0.782. The van der Waals surface area contributed by atoms with Gasteiger partial charge < -0.3 is 10.0 Å². The van der Waals surface area contributed by atoms with Crippen LogP contribution in [0.5, 0.6) is 0 Å². The first-order valence-corrected chi connectivity index (χ1v) is 8.33. The fourth-order valence-corrected chi connectivity index (χ4v) is 3.46. The summed E-state index contributed by atoms with van der Waals surface area (Å²) in [5.41, 5.74) is 2.84. The fraction of sp³-hybridized carbons (Fsp3) is 0.579. The highest BCUT2D eigenvalue weighted by Gasteiger charge is 2.48. The van der Waals surface area contributed by atoms with Crippen LogP contribution in [0, 0.1) is 25.2 Å². The number of nitrogens with zero attached hydrogens (tertiary/aromatic N) is 1.